The van der Waals surface area contributed by atoms with E-state index in [4.69, 9.17) is 42.4 Å². The van der Waals surface area contributed by atoms with Gasteiger partial charge in [0.2, 0.25) is 0 Å². The number of thiazole rings is 1. The number of fused-ring (bicyclic) bond motifs is 1. The minimum Gasteiger partial charge on any atom is -0.497 e. The van der Waals surface area contributed by atoms with E-state index in [-0.39, 0.29) is 18.1 Å². The summed E-state index contributed by atoms with van der Waals surface area (Å²) in [6.07, 6.45) is 1.80. The molecule has 6 rings (SSSR count). The van der Waals surface area contributed by atoms with Crippen LogP contribution in [-0.2, 0) is 11.4 Å². The highest BCUT2D eigenvalue weighted by Gasteiger charge is 2.32. The molecular weight excluding hydrogens is 693 g/mol. The van der Waals surface area contributed by atoms with Gasteiger partial charge in [-0.1, -0.05) is 76.5 Å². The van der Waals surface area contributed by atoms with E-state index in [1.165, 1.54) is 11.3 Å². The van der Waals surface area contributed by atoms with Gasteiger partial charge >= 0.3 is 0 Å². The normalized spacial score (nSPS) is 14.2. The summed E-state index contributed by atoms with van der Waals surface area (Å²) in [4.78, 5) is 33.6. The first-order chi connectivity index (χ1) is 24.1. The number of benzene rings is 4. The van der Waals surface area contributed by atoms with Crippen LogP contribution in [-0.4, -0.2) is 24.2 Å². The summed E-state index contributed by atoms with van der Waals surface area (Å²) in [5, 5.41) is 3.99. The number of aryl methyl sites for hydroxylation is 2. The number of ether oxygens (including phenoxy) is 3. The number of methoxy groups -OCH3 is 1. The fourth-order valence-electron chi connectivity index (χ4n) is 5.80. The molecule has 1 aliphatic rings. The second-order valence-electron chi connectivity index (χ2n) is 11.8. The van der Waals surface area contributed by atoms with Crippen LogP contribution in [0.25, 0.3) is 6.08 Å². The van der Waals surface area contributed by atoms with Gasteiger partial charge in [0, 0.05) is 5.69 Å². The number of amides is 1. The molecule has 0 unspecified atom stereocenters. The molecule has 0 saturated carbocycles. The van der Waals surface area contributed by atoms with Crippen LogP contribution in [0.1, 0.15) is 47.7 Å². The number of hydrogen-bond acceptors (Lipinski definition) is 7. The van der Waals surface area contributed by atoms with Gasteiger partial charge in [-0.25, -0.2) is 4.99 Å². The quantitative estimate of drug-likeness (QED) is 0.159. The fourth-order valence-corrected chi connectivity index (χ4v) is 7.17. The third-order valence-electron chi connectivity index (χ3n) is 8.27. The number of aromatic nitrogens is 1. The summed E-state index contributed by atoms with van der Waals surface area (Å²) in [5.41, 5.74) is 5.73. The molecule has 0 radical (unpaired) electrons. The van der Waals surface area contributed by atoms with Crippen LogP contribution < -0.4 is 34.4 Å². The van der Waals surface area contributed by atoms with Crippen molar-refractivity contribution >= 4 is 52.2 Å². The molecule has 1 N–H and O–H groups in total. The van der Waals surface area contributed by atoms with Gasteiger partial charge in [0.05, 0.1) is 45.6 Å². The maximum absolute atomic E-state index is 14.3. The molecule has 0 fully saturated rings. The number of nitrogens with zero attached hydrogens (tertiary/aromatic N) is 2. The fraction of sp³-hybridized carbons (Fsp3) is 0.205. The largest absolute Gasteiger partial charge is 0.497 e. The maximum atomic E-state index is 14.3. The van der Waals surface area contributed by atoms with E-state index in [1.807, 2.05) is 87.5 Å². The van der Waals surface area contributed by atoms with Crippen LogP contribution in [0.5, 0.6) is 17.2 Å². The van der Waals surface area contributed by atoms with Crippen LogP contribution in [0.4, 0.5) is 5.69 Å². The van der Waals surface area contributed by atoms with Crippen molar-refractivity contribution < 1.29 is 19.0 Å². The van der Waals surface area contributed by atoms with Gasteiger partial charge in [0.1, 0.15) is 12.4 Å². The van der Waals surface area contributed by atoms with Crippen molar-refractivity contribution in [2.24, 2.45) is 4.99 Å². The monoisotopic (exact) mass is 727 g/mol. The molecule has 11 heteroatoms. The summed E-state index contributed by atoms with van der Waals surface area (Å²) in [6.45, 7) is 8.33. The molecule has 0 spiro atoms. The zero-order chi connectivity index (χ0) is 35.5. The maximum Gasteiger partial charge on any atom is 0.271 e. The van der Waals surface area contributed by atoms with Crippen molar-refractivity contribution in [2.45, 2.75) is 40.3 Å². The molecule has 8 nitrogen and oxygen atoms in total. The first-order valence-electron chi connectivity index (χ1n) is 15.9. The second-order valence-corrected chi connectivity index (χ2v) is 13.6. The zero-order valence-corrected chi connectivity index (χ0v) is 30.5. The Hall–Kier alpha value is -4.83. The molecule has 256 valence electrons. The summed E-state index contributed by atoms with van der Waals surface area (Å²) in [7, 11) is 1.59. The molecule has 1 amide bonds. The van der Waals surface area contributed by atoms with Crippen LogP contribution in [0, 0.1) is 13.8 Å². The SMILES string of the molecule is CCOc1cc(/C=c2/sc3n(c2=O)[C@H](c2ccc(OC)cc2)C(C(=O)Nc2ccc(C)cc2C)=C(C)N=3)ccc1OCc1ccc(Cl)c(Cl)c1. The number of carbonyl (C=O) groups excluding carboxylic acids is 1. The molecule has 5 aromatic rings. The van der Waals surface area contributed by atoms with Crippen molar-refractivity contribution in [3.63, 3.8) is 0 Å². The molecule has 4 aromatic carbocycles. The Bertz CT molecular complexity index is 2310. The van der Waals surface area contributed by atoms with Gasteiger partial charge in [-0.3, -0.25) is 14.2 Å². The van der Waals surface area contributed by atoms with Crippen molar-refractivity contribution in [3.8, 4) is 17.2 Å². The van der Waals surface area contributed by atoms with Crippen molar-refractivity contribution in [1.29, 1.82) is 0 Å². The molecule has 0 bridgehead atoms. The zero-order valence-electron chi connectivity index (χ0n) is 28.2. The number of rotatable bonds is 10. The van der Waals surface area contributed by atoms with E-state index in [2.05, 4.69) is 5.32 Å². The third-order valence-corrected chi connectivity index (χ3v) is 9.99. The standard InChI is InChI=1S/C39H35Cl2N3O5S/c1-6-48-33-19-25(9-16-32(33)49-21-26-8-14-29(40)30(41)18-26)20-34-38(46)44-36(27-10-12-28(47-5)13-11-27)35(24(4)42-39(44)50-34)37(45)43-31-15-7-22(2)17-23(31)3/h7-20,36H,6,21H2,1-5H3,(H,43,45)/b34-20+/t36-/m1/s1. The predicted octanol–water partition coefficient (Wildman–Crippen LogP) is 7.78. The van der Waals surface area contributed by atoms with Crippen molar-refractivity contribution in [2.75, 3.05) is 19.0 Å². The van der Waals surface area contributed by atoms with Crippen LogP contribution in [0.15, 0.2) is 99.9 Å². The van der Waals surface area contributed by atoms with E-state index >= 15 is 0 Å². The molecule has 0 saturated heterocycles. The lowest BCUT2D eigenvalue weighted by atomic mass is 9.95. The van der Waals surface area contributed by atoms with Gasteiger partial charge in [0.25, 0.3) is 11.5 Å². The van der Waals surface area contributed by atoms with Crippen molar-refractivity contribution in [1.82, 2.24) is 4.57 Å². The molecular formula is C39H35Cl2N3O5S. The summed E-state index contributed by atoms with van der Waals surface area (Å²) in [5.74, 6) is 1.42. The van der Waals surface area contributed by atoms with E-state index in [1.54, 1.807) is 36.8 Å². The number of carbonyl (C=O) groups is 1. The van der Waals surface area contributed by atoms with Crippen LogP contribution in [0.2, 0.25) is 10.0 Å². The van der Waals surface area contributed by atoms with E-state index in [0.29, 0.717) is 60.2 Å². The lowest BCUT2D eigenvalue weighted by Gasteiger charge is -2.25. The van der Waals surface area contributed by atoms with Crippen LogP contribution >= 0.6 is 34.5 Å². The summed E-state index contributed by atoms with van der Waals surface area (Å²) in [6, 6.07) is 23.4. The van der Waals surface area contributed by atoms with Gasteiger partial charge in [-0.2, -0.15) is 0 Å². The highest BCUT2D eigenvalue weighted by Crippen LogP contribution is 2.33. The van der Waals surface area contributed by atoms with Gasteiger partial charge < -0.3 is 19.5 Å². The molecule has 50 heavy (non-hydrogen) atoms. The first kappa shape index (κ1) is 35.0. The number of allylic oxidation sites excluding steroid dienone is 1. The van der Waals surface area contributed by atoms with E-state index in [0.717, 1.165) is 27.8 Å². The molecule has 0 aliphatic carbocycles. The van der Waals surface area contributed by atoms with E-state index < -0.39 is 6.04 Å². The Kier molecular flexibility index (Phi) is 10.5. The first-order valence-corrected chi connectivity index (χ1v) is 17.5. The molecule has 1 atom stereocenters. The molecule has 2 heterocycles. The highest BCUT2D eigenvalue weighted by atomic mass is 35.5. The average Bonchev–Trinajstić information content (AvgIpc) is 3.40. The summed E-state index contributed by atoms with van der Waals surface area (Å²) >= 11 is 13.5. The smallest absolute Gasteiger partial charge is 0.271 e. The third kappa shape index (κ3) is 7.35. The van der Waals surface area contributed by atoms with Crippen molar-refractivity contribution in [3.05, 3.63) is 148 Å². The highest BCUT2D eigenvalue weighted by molar-refractivity contribution is 7.07. The number of halogens is 2. The Balaban J connectivity index is 1.38. The number of hydrogen-bond donors (Lipinski definition) is 1. The Labute approximate surface area is 303 Å². The second kappa shape index (κ2) is 15.0. The van der Waals surface area contributed by atoms with E-state index in [9.17, 15) is 9.59 Å². The Morgan fingerprint density at radius 1 is 0.940 bits per heavy atom. The Morgan fingerprint density at radius 2 is 1.72 bits per heavy atom. The average molecular weight is 729 g/mol. The minimum atomic E-state index is -0.721. The minimum absolute atomic E-state index is 0.263. The topological polar surface area (TPSA) is 91.2 Å². The van der Waals surface area contributed by atoms with Gasteiger partial charge in [-0.05, 0) is 98.5 Å². The number of anilines is 1. The number of nitrogens with one attached hydrogen (secondary N) is 1. The predicted molar refractivity (Wildman–Crippen MR) is 200 cm³/mol. The summed E-state index contributed by atoms with van der Waals surface area (Å²) < 4.78 is 19.4. The van der Waals surface area contributed by atoms with Crippen LogP contribution in [0.3, 0.4) is 0 Å². The lowest BCUT2D eigenvalue weighted by Crippen LogP contribution is -2.40. The Morgan fingerprint density at radius 3 is 2.42 bits per heavy atom. The molecule has 1 aromatic heterocycles. The van der Waals surface area contributed by atoms with Gasteiger partial charge in [0.15, 0.2) is 16.3 Å². The molecule has 1 aliphatic heterocycles. The van der Waals surface area contributed by atoms with Gasteiger partial charge in [-0.15, -0.1) is 0 Å². The lowest BCUT2D eigenvalue weighted by molar-refractivity contribution is -0.113.